The summed E-state index contributed by atoms with van der Waals surface area (Å²) in [5.74, 6) is -11.4. The molecular weight excluding hydrogens is 1230 g/mol. The lowest BCUT2D eigenvalue weighted by atomic mass is 9.91. The third-order valence-corrected chi connectivity index (χ3v) is 18.9. The van der Waals surface area contributed by atoms with Gasteiger partial charge in [-0.3, -0.25) is 52.7 Å². The number of nitrogens with zero attached hydrogens (tertiary/aromatic N) is 9. The van der Waals surface area contributed by atoms with Crippen molar-refractivity contribution < 1.29 is 67.4 Å². The highest BCUT2D eigenvalue weighted by atomic mass is 16.6. The third-order valence-electron chi connectivity index (χ3n) is 18.9. The number of rotatable bonds is 17. The first-order valence-electron chi connectivity index (χ1n) is 34.6. The van der Waals surface area contributed by atoms with Gasteiger partial charge in [-0.2, -0.15) is 0 Å². The van der Waals surface area contributed by atoms with Crippen molar-refractivity contribution in [3.05, 3.63) is 12.2 Å². The van der Waals surface area contributed by atoms with E-state index in [-0.39, 0.29) is 56.5 Å². The topological polar surface area (TPSA) is 312 Å². The Labute approximate surface area is 573 Å². The summed E-state index contributed by atoms with van der Waals surface area (Å²) in [7, 11) is 9.75. The smallest absolute Gasteiger partial charge is 0.409 e. The lowest BCUT2D eigenvalue weighted by Gasteiger charge is -2.41. The van der Waals surface area contributed by atoms with E-state index in [1.807, 2.05) is 48.5 Å². The number of carbonyl (C=O) groups is 12. The Hall–Kier alpha value is -6.90. The van der Waals surface area contributed by atoms with Gasteiger partial charge in [0.05, 0.1) is 12.7 Å². The first-order chi connectivity index (χ1) is 44.6. The fourth-order valence-corrected chi connectivity index (χ4v) is 12.4. The van der Waals surface area contributed by atoms with E-state index in [1.54, 1.807) is 72.4 Å². The van der Waals surface area contributed by atoms with Crippen LogP contribution in [-0.4, -0.2) is 282 Å². The molecule has 0 saturated carbocycles. The molecule has 14 atom stereocenters. The van der Waals surface area contributed by atoms with Gasteiger partial charge < -0.3 is 75.2 Å². The Morgan fingerprint density at radius 2 is 0.958 bits per heavy atom. The molecule has 12 amide bonds. The third kappa shape index (κ3) is 22.9. The normalized spacial score (nSPS) is 27.4. The zero-order valence-corrected chi connectivity index (χ0v) is 62.7. The number of aliphatic hydroxyl groups excluding tert-OH is 1. The van der Waals surface area contributed by atoms with Crippen molar-refractivity contribution in [2.24, 2.45) is 41.4 Å². The zero-order chi connectivity index (χ0) is 73.8. The second-order valence-corrected chi connectivity index (χ2v) is 28.7. The summed E-state index contributed by atoms with van der Waals surface area (Å²) in [4.78, 5) is 189. The number of aliphatic hydroxyl groups is 1. The maximum Gasteiger partial charge on any atom is 0.409 e. The fourth-order valence-electron chi connectivity index (χ4n) is 12.4. The first-order valence-corrected chi connectivity index (χ1v) is 34.6. The summed E-state index contributed by atoms with van der Waals surface area (Å²) in [5.41, 5.74) is 0. The van der Waals surface area contributed by atoms with Crippen LogP contribution in [0.3, 0.4) is 0 Å². The first kappa shape index (κ1) is 85.2. The quantitative estimate of drug-likeness (QED) is 0.131. The van der Waals surface area contributed by atoms with Crippen molar-refractivity contribution in [3.63, 3.8) is 0 Å². The monoisotopic (exact) mass is 1360 g/mol. The van der Waals surface area contributed by atoms with Crippen molar-refractivity contribution in [3.8, 4) is 0 Å². The maximum absolute atomic E-state index is 15.3. The summed E-state index contributed by atoms with van der Waals surface area (Å²) in [6, 6.07) is -14.5. The van der Waals surface area contributed by atoms with Crippen molar-refractivity contribution in [2.45, 2.75) is 229 Å². The molecule has 27 heteroatoms. The Morgan fingerprint density at radius 3 is 1.44 bits per heavy atom. The molecule has 0 aliphatic carbocycles. The minimum absolute atomic E-state index is 0.0374. The van der Waals surface area contributed by atoms with Crippen molar-refractivity contribution in [2.75, 3.05) is 88.7 Å². The van der Waals surface area contributed by atoms with Gasteiger partial charge in [-0.15, -0.1) is 0 Å². The van der Waals surface area contributed by atoms with E-state index in [4.69, 9.17) is 4.74 Å². The van der Waals surface area contributed by atoms with Gasteiger partial charge in [0.2, 0.25) is 65.0 Å². The zero-order valence-electron chi connectivity index (χ0n) is 62.7. The molecule has 27 nitrogen and oxygen atoms in total. The molecule has 2 aliphatic rings. The van der Waals surface area contributed by atoms with Crippen LogP contribution in [0, 0.1) is 41.4 Å². The van der Waals surface area contributed by atoms with Gasteiger partial charge in [-0.25, -0.2) is 4.79 Å². The van der Waals surface area contributed by atoms with E-state index in [9.17, 15) is 33.9 Å². The average molecular weight is 1360 g/mol. The van der Waals surface area contributed by atoms with Crippen LogP contribution in [0.15, 0.2) is 12.2 Å². The predicted octanol–water partition coefficient (Wildman–Crippen LogP) is 3.02. The highest BCUT2D eigenvalue weighted by Gasteiger charge is 2.47. The molecule has 548 valence electrons. The van der Waals surface area contributed by atoms with Gasteiger partial charge >= 0.3 is 6.09 Å². The molecule has 0 bridgehead atoms. The summed E-state index contributed by atoms with van der Waals surface area (Å²) >= 11 is 0. The molecule has 0 aromatic carbocycles. The molecule has 2 heterocycles. The number of piperazine rings is 1. The molecule has 0 radical (unpaired) electrons. The second kappa shape index (κ2) is 38.9. The lowest BCUT2D eigenvalue weighted by molar-refractivity contribution is -0.157. The van der Waals surface area contributed by atoms with Gasteiger partial charge in [-0.05, 0) is 102 Å². The Morgan fingerprint density at radius 1 is 0.500 bits per heavy atom. The lowest BCUT2D eigenvalue weighted by Crippen LogP contribution is -2.64. The maximum atomic E-state index is 15.3. The number of hydrogen-bond acceptors (Lipinski definition) is 15. The molecule has 0 aromatic rings. The molecule has 2 rings (SSSR count). The average Bonchev–Trinajstić information content (AvgIpc) is 0.815. The van der Waals surface area contributed by atoms with E-state index in [1.165, 1.54) is 89.7 Å². The Balaban J connectivity index is 3.05. The largest absolute Gasteiger partial charge is 0.449 e. The minimum atomic E-state index is -1.66. The van der Waals surface area contributed by atoms with E-state index in [2.05, 4.69) is 26.2 Å². The molecule has 5 N–H and O–H groups in total. The van der Waals surface area contributed by atoms with Crippen molar-refractivity contribution in [1.29, 1.82) is 0 Å². The number of carbonyl (C=O) groups excluding carboxylic acids is 12. The number of likely N-dealkylation sites (N-methyl/N-ethyl adjacent to an activating group) is 8. The summed E-state index contributed by atoms with van der Waals surface area (Å²) < 4.78 is 5.83. The van der Waals surface area contributed by atoms with Gasteiger partial charge in [0.25, 0.3) is 0 Å². The van der Waals surface area contributed by atoms with E-state index in [0.717, 1.165) is 21.2 Å². The molecule has 2 aliphatic heterocycles. The number of ether oxygens (including phenoxy) is 1. The second-order valence-electron chi connectivity index (χ2n) is 28.7. The van der Waals surface area contributed by atoms with Crippen LogP contribution in [0.25, 0.3) is 0 Å². The van der Waals surface area contributed by atoms with Crippen LogP contribution in [0.1, 0.15) is 157 Å². The van der Waals surface area contributed by atoms with Gasteiger partial charge in [0.15, 0.2) is 0 Å². The number of allylic oxidation sites excluding steroid dienone is 2. The molecular formula is C69H123N13O14. The van der Waals surface area contributed by atoms with Crippen LogP contribution in [0.4, 0.5) is 4.79 Å². The van der Waals surface area contributed by atoms with E-state index < -0.39 is 167 Å². The van der Waals surface area contributed by atoms with Crippen molar-refractivity contribution in [1.82, 2.24) is 65.4 Å². The summed E-state index contributed by atoms with van der Waals surface area (Å²) in [5, 5.41) is 23.2. The SMILES string of the molecule is C/C=C/C[C@@H](C)[C@@H](O)[C@H]1C(=O)N[C@@H](CC)C(=O)N(C)[C@H](C)C(=O)N(C)[C@@H]([C@@H](C)COC(=O)N2CCN(CC)CC2)C(=O)N[C@@H](C(C)C)C(=O)N(C)[C@@H](CC(C)C)C(=O)N[C@@H](C)C(=O)N[C@H](C)C(=O)N(C)[C@@H](CC(C)C)C(=O)N(C)[C@@H](CC(C)C)C(=O)N(C)[C@@H](C(C)C)C(=O)N1C. The number of hydrogen-bond donors (Lipinski definition) is 5. The van der Waals surface area contributed by atoms with Crippen LogP contribution < -0.4 is 21.3 Å². The van der Waals surface area contributed by atoms with Gasteiger partial charge in [-0.1, -0.05) is 109 Å². The van der Waals surface area contributed by atoms with Crippen LogP contribution in [0.5, 0.6) is 0 Å². The van der Waals surface area contributed by atoms with Crippen LogP contribution in [-0.2, 0) is 57.5 Å². The minimum Gasteiger partial charge on any atom is -0.449 e. The Kier molecular flexibility index (Phi) is 34.5. The van der Waals surface area contributed by atoms with E-state index in [0.29, 0.717) is 26.2 Å². The fraction of sp³-hybridized carbons (Fsp3) is 0.797. The van der Waals surface area contributed by atoms with Crippen LogP contribution >= 0.6 is 0 Å². The number of nitrogens with one attached hydrogen (secondary N) is 4. The molecule has 2 fully saturated rings. The highest BCUT2D eigenvalue weighted by molar-refractivity contribution is 6.00. The summed E-state index contributed by atoms with van der Waals surface area (Å²) in [6.07, 6.45) is 2.01. The molecule has 0 aromatic heterocycles. The molecule has 0 spiro atoms. The van der Waals surface area contributed by atoms with Gasteiger partial charge in [0, 0.05) is 81.4 Å². The molecule has 2 saturated heterocycles. The predicted molar refractivity (Wildman–Crippen MR) is 368 cm³/mol. The van der Waals surface area contributed by atoms with Gasteiger partial charge in [0.1, 0.15) is 66.5 Å². The highest BCUT2D eigenvalue weighted by Crippen LogP contribution is 2.26. The number of amides is 12. The van der Waals surface area contributed by atoms with Crippen molar-refractivity contribution >= 4 is 71.1 Å². The Bertz CT molecular complexity index is 2680. The summed E-state index contributed by atoms with van der Waals surface area (Å²) in [6.45, 7) is 33.5. The standard InChI is InChI=1S/C69H123N13O14/c1-26-29-30-44(14)57(83)56-61(87)72-49(27-2)64(90)74(19)48(18)63(89)79(24)55(45(15)38-96-69(95)82-33-31-81(28-3)32-34-82)60(86)73-53(42(10)11)67(93)75(20)50(35-39(4)5)59(85)70-46(16)58(84)71-47(17)62(88)76(21)51(36-40(6)7)65(91)77(22)52(37-41(8)9)66(92)78(23)54(43(12)13)68(94)80(56)25/h26,29,39-57,83H,27-28,30-38H2,1-25H3,(H,70,85)(H,71,84)(H,72,87)(H,73,86)/b29-26+/t44-,45+,46+,47-,48-,49+,50+,51+,52+,53+,54+,55+,56+,57-/m1/s1. The van der Waals surface area contributed by atoms with Crippen LogP contribution in [0.2, 0.25) is 0 Å². The molecule has 96 heavy (non-hydrogen) atoms. The molecule has 0 unspecified atom stereocenters. The van der Waals surface area contributed by atoms with E-state index >= 15 is 28.8 Å².